The fraction of sp³-hybridized carbons (Fsp3) is 0.136. The fourth-order valence-electron chi connectivity index (χ4n) is 3.30. The van der Waals surface area contributed by atoms with Crippen LogP contribution in [0.5, 0.6) is 11.6 Å². The predicted octanol–water partition coefficient (Wildman–Crippen LogP) is 4.41. The number of para-hydroxylation sites is 1. The molecular formula is C22H21N5O4S. The summed E-state index contributed by atoms with van der Waals surface area (Å²) in [6, 6.07) is 16.9. The SMILES string of the molecule is Cc1nn(-c2ccccc2)c(O)c1N=Nc1c(O)cc(S(=O)(=O)N(C)C)c2ccccc12. The average molecular weight is 452 g/mol. The molecule has 0 aliphatic rings. The average Bonchev–Trinajstić information content (AvgIpc) is 3.06. The molecule has 0 unspecified atom stereocenters. The van der Waals surface area contributed by atoms with E-state index >= 15 is 0 Å². The van der Waals surface area contributed by atoms with Crippen LogP contribution in [0.2, 0.25) is 0 Å². The first kappa shape index (κ1) is 21.5. The number of nitrogens with zero attached hydrogens (tertiary/aromatic N) is 5. The summed E-state index contributed by atoms with van der Waals surface area (Å²) < 4.78 is 27.9. The van der Waals surface area contributed by atoms with Crippen LogP contribution in [0.25, 0.3) is 16.5 Å². The van der Waals surface area contributed by atoms with Crippen LogP contribution < -0.4 is 0 Å². The van der Waals surface area contributed by atoms with E-state index in [0.717, 1.165) is 10.4 Å². The Labute approximate surface area is 184 Å². The molecule has 164 valence electrons. The van der Waals surface area contributed by atoms with E-state index < -0.39 is 10.0 Å². The van der Waals surface area contributed by atoms with Gasteiger partial charge in [0, 0.05) is 30.9 Å². The van der Waals surface area contributed by atoms with Gasteiger partial charge in [0.2, 0.25) is 15.9 Å². The van der Waals surface area contributed by atoms with Gasteiger partial charge in [-0.1, -0.05) is 42.5 Å². The first-order chi connectivity index (χ1) is 15.2. The number of phenolic OH excluding ortho intramolecular Hbond substituents is 1. The van der Waals surface area contributed by atoms with Crippen molar-refractivity contribution >= 4 is 32.2 Å². The van der Waals surface area contributed by atoms with Gasteiger partial charge in [0.1, 0.15) is 11.4 Å². The van der Waals surface area contributed by atoms with Crippen LogP contribution in [0.3, 0.4) is 0 Å². The Morgan fingerprint density at radius 2 is 1.50 bits per heavy atom. The van der Waals surface area contributed by atoms with Crippen molar-refractivity contribution in [3.05, 3.63) is 66.4 Å². The Bertz CT molecular complexity index is 1440. The summed E-state index contributed by atoms with van der Waals surface area (Å²) in [4.78, 5) is -0.0366. The highest BCUT2D eigenvalue weighted by Crippen LogP contribution is 2.41. The molecule has 0 radical (unpaired) electrons. The molecule has 0 spiro atoms. The molecule has 0 amide bonds. The molecule has 1 aromatic heterocycles. The van der Waals surface area contributed by atoms with Gasteiger partial charge in [-0.05, 0) is 19.1 Å². The molecule has 3 aromatic carbocycles. The lowest BCUT2D eigenvalue weighted by Gasteiger charge is -2.15. The number of aromatic hydroxyl groups is 2. The minimum absolute atomic E-state index is 0.0366. The number of aryl methyl sites for hydroxylation is 1. The minimum Gasteiger partial charge on any atom is -0.506 e. The third-order valence-corrected chi connectivity index (χ3v) is 6.83. The van der Waals surface area contributed by atoms with Crippen LogP contribution in [0, 0.1) is 6.92 Å². The number of benzene rings is 3. The zero-order valence-corrected chi connectivity index (χ0v) is 18.4. The van der Waals surface area contributed by atoms with Crippen LogP contribution in [0.4, 0.5) is 11.4 Å². The van der Waals surface area contributed by atoms with Crippen molar-refractivity contribution < 1.29 is 18.6 Å². The molecule has 0 atom stereocenters. The Balaban J connectivity index is 1.85. The second kappa shape index (κ2) is 8.06. The van der Waals surface area contributed by atoms with Crippen molar-refractivity contribution in [2.45, 2.75) is 11.8 Å². The largest absolute Gasteiger partial charge is 0.506 e. The van der Waals surface area contributed by atoms with Crippen molar-refractivity contribution in [3.8, 4) is 17.3 Å². The van der Waals surface area contributed by atoms with E-state index in [-0.39, 0.29) is 27.9 Å². The number of aromatic nitrogens is 2. The molecule has 0 fully saturated rings. The van der Waals surface area contributed by atoms with Crippen molar-refractivity contribution in [1.29, 1.82) is 0 Å². The van der Waals surface area contributed by atoms with E-state index in [1.165, 1.54) is 18.8 Å². The van der Waals surface area contributed by atoms with Gasteiger partial charge in [0.15, 0.2) is 5.69 Å². The third kappa shape index (κ3) is 3.59. The maximum atomic E-state index is 12.7. The Morgan fingerprint density at radius 3 is 2.16 bits per heavy atom. The minimum atomic E-state index is -3.80. The van der Waals surface area contributed by atoms with E-state index in [2.05, 4.69) is 15.3 Å². The Kier molecular flexibility index (Phi) is 5.41. The summed E-state index contributed by atoms with van der Waals surface area (Å²) in [5.74, 6) is -0.548. The summed E-state index contributed by atoms with van der Waals surface area (Å²) in [6.07, 6.45) is 0. The van der Waals surface area contributed by atoms with Crippen LogP contribution in [-0.2, 0) is 10.0 Å². The van der Waals surface area contributed by atoms with Crippen LogP contribution in [-0.4, -0.2) is 46.8 Å². The van der Waals surface area contributed by atoms with Gasteiger partial charge in [-0.25, -0.2) is 12.7 Å². The van der Waals surface area contributed by atoms with Crippen molar-refractivity contribution in [2.24, 2.45) is 10.2 Å². The summed E-state index contributed by atoms with van der Waals surface area (Å²) in [6.45, 7) is 1.68. The maximum Gasteiger partial charge on any atom is 0.243 e. The molecule has 4 aromatic rings. The topological polar surface area (TPSA) is 120 Å². The number of fused-ring (bicyclic) bond motifs is 1. The molecule has 1 heterocycles. The molecular weight excluding hydrogens is 430 g/mol. The molecule has 0 aliphatic heterocycles. The lowest BCUT2D eigenvalue weighted by Crippen LogP contribution is -2.22. The molecule has 2 N–H and O–H groups in total. The van der Waals surface area contributed by atoms with Gasteiger partial charge in [0.05, 0.1) is 16.3 Å². The molecule has 32 heavy (non-hydrogen) atoms. The van der Waals surface area contributed by atoms with Crippen LogP contribution in [0.15, 0.2) is 75.8 Å². The molecule has 0 aliphatic carbocycles. The van der Waals surface area contributed by atoms with E-state index in [1.54, 1.807) is 43.3 Å². The van der Waals surface area contributed by atoms with Gasteiger partial charge in [0.25, 0.3) is 0 Å². The zero-order chi connectivity index (χ0) is 23.0. The molecule has 0 saturated carbocycles. The zero-order valence-electron chi connectivity index (χ0n) is 17.6. The standard InChI is InChI=1S/C22H21N5O4S/c1-14-20(22(29)27(25-14)15-9-5-4-6-10-15)23-24-21-17-12-8-7-11-16(17)19(13-18(21)28)32(30,31)26(2)3/h4-13,28-29H,1-3H3. The molecule has 0 bridgehead atoms. The van der Waals surface area contributed by atoms with Crippen molar-refractivity contribution in [1.82, 2.24) is 14.1 Å². The van der Waals surface area contributed by atoms with Gasteiger partial charge in [-0.15, -0.1) is 10.2 Å². The Morgan fingerprint density at radius 1 is 0.906 bits per heavy atom. The van der Waals surface area contributed by atoms with E-state index in [4.69, 9.17) is 0 Å². The summed E-state index contributed by atoms with van der Waals surface area (Å²) >= 11 is 0. The number of rotatable bonds is 5. The highest BCUT2D eigenvalue weighted by Gasteiger charge is 2.24. The first-order valence-corrected chi connectivity index (χ1v) is 11.1. The number of hydrogen-bond acceptors (Lipinski definition) is 7. The van der Waals surface area contributed by atoms with E-state index in [9.17, 15) is 18.6 Å². The number of phenols is 1. The quantitative estimate of drug-likeness (QED) is 0.436. The smallest absolute Gasteiger partial charge is 0.243 e. The second-order valence-corrected chi connectivity index (χ2v) is 9.40. The number of azo groups is 1. The molecule has 4 rings (SSSR count). The fourth-order valence-corrected chi connectivity index (χ4v) is 4.41. The van der Waals surface area contributed by atoms with Gasteiger partial charge in [-0.3, -0.25) is 0 Å². The highest BCUT2D eigenvalue weighted by atomic mass is 32.2. The molecule has 10 heteroatoms. The van der Waals surface area contributed by atoms with Crippen molar-refractivity contribution in [3.63, 3.8) is 0 Å². The summed E-state index contributed by atoms with van der Waals surface area (Å²) in [5, 5.41) is 34.6. The summed E-state index contributed by atoms with van der Waals surface area (Å²) in [7, 11) is -0.960. The lowest BCUT2D eigenvalue weighted by molar-refractivity contribution is 0.434. The third-order valence-electron chi connectivity index (χ3n) is 4.97. The van der Waals surface area contributed by atoms with Crippen molar-refractivity contribution in [2.75, 3.05) is 14.1 Å². The number of hydrogen-bond donors (Lipinski definition) is 2. The maximum absolute atomic E-state index is 12.7. The van der Waals surface area contributed by atoms with E-state index in [1.807, 2.05) is 18.2 Å². The summed E-state index contributed by atoms with van der Waals surface area (Å²) in [5.41, 5.74) is 1.32. The Hall–Kier alpha value is -3.76. The van der Waals surface area contributed by atoms with Gasteiger partial charge >= 0.3 is 0 Å². The van der Waals surface area contributed by atoms with Crippen LogP contribution in [0.1, 0.15) is 5.69 Å². The van der Waals surface area contributed by atoms with Gasteiger partial charge < -0.3 is 10.2 Å². The lowest BCUT2D eigenvalue weighted by atomic mass is 10.1. The number of sulfonamides is 1. The van der Waals surface area contributed by atoms with E-state index in [0.29, 0.717) is 22.2 Å². The highest BCUT2D eigenvalue weighted by molar-refractivity contribution is 7.89. The predicted molar refractivity (Wildman–Crippen MR) is 121 cm³/mol. The molecule has 0 saturated heterocycles. The second-order valence-electron chi connectivity index (χ2n) is 7.28. The van der Waals surface area contributed by atoms with Gasteiger partial charge in [-0.2, -0.15) is 9.78 Å². The van der Waals surface area contributed by atoms with Crippen LogP contribution >= 0.6 is 0 Å². The molecule has 9 nitrogen and oxygen atoms in total. The first-order valence-electron chi connectivity index (χ1n) is 9.65. The normalized spacial score (nSPS) is 12.2. The monoisotopic (exact) mass is 451 g/mol.